The summed E-state index contributed by atoms with van der Waals surface area (Å²) in [5.74, 6) is -2.36. The van der Waals surface area contributed by atoms with Crippen molar-refractivity contribution >= 4 is 17.4 Å². The summed E-state index contributed by atoms with van der Waals surface area (Å²) in [7, 11) is 0. The van der Waals surface area contributed by atoms with Gasteiger partial charge in [0.15, 0.2) is 11.6 Å². The molecule has 0 aliphatic heterocycles. The summed E-state index contributed by atoms with van der Waals surface area (Å²) < 4.78 is 40.0. The van der Waals surface area contributed by atoms with Gasteiger partial charge < -0.3 is 10.6 Å². The topological polar surface area (TPSA) is 66.9 Å². The van der Waals surface area contributed by atoms with Gasteiger partial charge in [-0.2, -0.15) is 0 Å². The fourth-order valence-electron chi connectivity index (χ4n) is 2.38. The average Bonchev–Trinajstić information content (AvgIpc) is 2.63. The lowest BCUT2D eigenvalue weighted by atomic mass is 10.2. The van der Waals surface area contributed by atoms with Crippen LogP contribution in [0.5, 0.6) is 0 Å². The van der Waals surface area contributed by atoms with E-state index in [-0.39, 0.29) is 23.7 Å². The molecule has 0 saturated carbocycles. The van der Waals surface area contributed by atoms with Crippen molar-refractivity contribution in [1.82, 2.24) is 15.3 Å². The molecule has 0 aliphatic rings. The van der Waals surface area contributed by atoms with Crippen molar-refractivity contribution < 1.29 is 18.0 Å². The van der Waals surface area contributed by atoms with Gasteiger partial charge in [0.05, 0.1) is 0 Å². The van der Waals surface area contributed by atoms with E-state index in [9.17, 15) is 18.0 Å². The SMILES string of the molecule is Cc1nc(Nc2ccc(F)c(F)c2)cc(C(=O)NCc2ccccc2F)n1. The third kappa shape index (κ3) is 4.60. The lowest BCUT2D eigenvalue weighted by Gasteiger charge is -2.10. The third-order valence-corrected chi connectivity index (χ3v) is 3.66. The number of hydrogen-bond acceptors (Lipinski definition) is 4. The van der Waals surface area contributed by atoms with Crippen LogP contribution in [0.1, 0.15) is 21.9 Å². The molecular weight excluding hydrogens is 357 g/mol. The van der Waals surface area contributed by atoms with Crippen molar-refractivity contribution in [3.63, 3.8) is 0 Å². The van der Waals surface area contributed by atoms with Crippen LogP contribution < -0.4 is 10.6 Å². The summed E-state index contributed by atoms with van der Waals surface area (Å²) in [5, 5.41) is 5.38. The first-order valence-electron chi connectivity index (χ1n) is 8.02. The van der Waals surface area contributed by atoms with Crippen molar-refractivity contribution in [3.05, 3.63) is 83.1 Å². The van der Waals surface area contributed by atoms with Gasteiger partial charge in [-0.15, -0.1) is 0 Å². The highest BCUT2D eigenvalue weighted by Crippen LogP contribution is 2.18. The van der Waals surface area contributed by atoms with Gasteiger partial charge >= 0.3 is 0 Å². The summed E-state index contributed by atoms with van der Waals surface area (Å²) in [5.41, 5.74) is 0.672. The average molecular weight is 372 g/mol. The molecule has 8 heteroatoms. The van der Waals surface area contributed by atoms with E-state index in [1.165, 1.54) is 18.2 Å². The van der Waals surface area contributed by atoms with Crippen LogP contribution in [-0.2, 0) is 6.54 Å². The maximum atomic E-state index is 13.6. The van der Waals surface area contributed by atoms with Crippen LogP contribution in [0.3, 0.4) is 0 Å². The number of nitrogens with one attached hydrogen (secondary N) is 2. The predicted molar refractivity (Wildman–Crippen MR) is 94.0 cm³/mol. The Morgan fingerprint density at radius 2 is 1.74 bits per heavy atom. The molecule has 0 atom stereocenters. The van der Waals surface area contributed by atoms with Gasteiger partial charge in [0.25, 0.3) is 5.91 Å². The van der Waals surface area contributed by atoms with E-state index in [2.05, 4.69) is 20.6 Å². The lowest BCUT2D eigenvalue weighted by molar-refractivity contribution is 0.0945. The number of aromatic nitrogens is 2. The zero-order valence-corrected chi connectivity index (χ0v) is 14.3. The number of rotatable bonds is 5. The molecule has 1 aromatic heterocycles. The van der Waals surface area contributed by atoms with E-state index < -0.39 is 23.4 Å². The number of hydrogen-bond donors (Lipinski definition) is 2. The van der Waals surface area contributed by atoms with Gasteiger partial charge in [0.1, 0.15) is 23.2 Å². The molecule has 2 N–H and O–H groups in total. The van der Waals surface area contributed by atoms with E-state index in [0.29, 0.717) is 11.4 Å². The summed E-state index contributed by atoms with van der Waals surface area (Å²) in [6.07, 6.45) is 0. The number of halogens is 3. The lowest BCUT2D eigenvalue weighted by Crippen LogP contribution is -2.25. The molecule has 0 aliphatic carbocycles. The zero-order chi connectivity index (χ0) is 19.4. The minimum Gasteiger partial charge on any atom is -0.347 e. The number of nitrogens with zero attached hydrogens (tertiary/aromatic N) is 2. The van der Waals surface area contributed by atoms with Gasteiger partial charge in [-0.05, 0) is 25.1 Å². The molecule has 5 nitrogen and oxygen atoms in total. The minimum atomic E-state index is -1.01. The monoisotopic (exact) mass is 372 g/mol. The largest absolute Gasteiger partial charge is 0.347 e. The molecule has 1 heterocycles. The maximum Gasteiger partial charge on any atom is 0.270 e. The Morgan fingerprint density at radius 1 is 0.963 bits per heavy atom. The van der Waals surface area contributed by atoms with E-state index in [1.54, 1.807) is 25.1 Å². The third-order valence-electron chi connectivity index (χ3n) is 3.66. The van der Waals surface area contributed by atoms with Gasteiger partial charge in [-0.25, -0.2) is 23.1 Å². The number of aryl methyl sites for hydroxylation is 1. The number of anilines is 2. The first kappa shape index (κ1) is 18.4. The quantitative estimate of drug-likeness (QED) is 0.713. The maximum absolute atomic E-state index is 13.6. The number of carbonyl (C=O) groups is 1. The predicted octanol–water partition coefficient (Wildman–Crippen LogP) is 3.88. The van der Waals surface area contributed by atoms with Crippen molar-refractivity contribution in [2.75, 3.05) is 5.32 Å². The number of amides is 1. The van der Waals surface area contributed by atoms with Crippen LogP contribution in [0.2, 0.25) is 0 Å². The highest BCUT2D eigenvalue weighted by molar-refractivity contribution is 5.93. The second kappa shape index (κ2) is 7.86. The Labute approximate surface area is 153 Å². The van der Waals surface area contributed by atoms with Crippen LogP contribution in [-0.4, -0.2) is 15.9 Å². The van der Waals surface area contributed by atoms with Crippen molar-refractivity contribution in [1.29, 1.82) is 0 Å². The smallest absolute Gasteiger partial charge is 0.270 e. The molecule has 3 rings (SSSR count). The summed E-state index contributed by atoms with van der Waals surface area (Å²) >= 11 is 0. The van der Waals surface area contributed by atoms with E-state index in [0.717, 1.165) is 12.1 Å². The highest BCUT2D eigenvalue weighted by atomic mass is 19.2. The molecule has 3 aromatic rings. The van der Waals surface area contributed by atoms with Gasteiger partial charge in [-0.3, -0.25) is 4.79 Å². The normalized spacial score (nSPS) is 10.5. The first-order valence-corrected chi connectivity index (χ1v) is 8.02. The highest BCUT2D eigenvalue weighted by Gasteiger charge is 2.12. The molecule has 0 unspecified atom stereocenters. The molecule has 0 spiro atoms. The second-order valence-corrected chi connectivity index (χ2v) is 5.71. The van der Waals surface area contributed by atoms with Gasteiger partial charge in [-0.1, -0.05) is 18.2 Å². The Kier molecular flexibility index (Phi) is 5.35. The Morgan fingerprint density at radius 3 is 2.48 bits per heavy atom. The molecular formula is C19H15F3N4O. The summed E-state index contributed by atoms with van der Waals surface area (Å²) in [6.45, 7) is 1.59. The molecule has 138 valence electrons. The summed E-state index contributed by atoms with van der Waals surface area (Å²) in [6, 6.07) is 10.8. The minimum absolute atomic E-state index is 0.000489. The molecule has 0 bridgehead atoms. The molecule has 27 heavy (non-hydrogen) atoms. The first-order chi connectivity index (χ1) is 12.9. The van der Waals surface area contributed by atoms with Crippen molar-refractivity contribution in [2.24, 2.45) is 0 Å². The van der Waals surface area contributed by atoms with Crippen molar-refractivity contribution in [3.8, 4) is 0 Å². The van der Waals surface area contributed by atoms with E-state index in [1.807, 2.05) is 0 Å². The zero-order valence-electron chi connectivity index (χ0n) is 14.3. The Hall–Kier alpha value is -3.42. The molecule has 2 aromatic carbocycles. The molecule has 0 saturated heterocycles. The standard InChI is InChI=1S/C19H15F3N4O/c1-11-24-17(19(27)23-10-12-4-2-3-5-14(12)20)9-18(25-11)26-13-6-7-15(21)16(22)8-13/h2-9H,10H2,1H3,(H,23,27)(H,24,25,26). The molecule has 0 radical (unpaired) electrons. The second-order valence-electron chi connectivity index (χ2n) is 5.71. The van der Waals surface area contributed by atoms with Crippen LogP contribution in [0.4, 0.5) is 24.7 Å². The van der Waals surface area contributed by atoms with Crippen LogP contribution in [0, 0.1) is 24.4 Å². The fraction of sp³-hybridized carbons (Fsp3) is 0.105. The van der Waals surface area contributed by atoms with Gasteiger partial charge in [0, 0.05) is 29.9 Å². The van der Waals surface area contributed by atoms with Crippen LogP contribution in [0.25, 0.3) is 0 Å². The number of carbonyl (C=O) groups excluding carboxylic acids is 1. The van der Waals surface area contributed by atoms with E-state index >= 15 is 0 Å². The Bertz CT molecular complexity index is 994. The number of benzene rings is 2. The summed E-state index contributed by atoms with van der Waals surface area (Å²) in [4.78, 5) is 20.5. The fourth-order valence-corrected chi connectivity index (χ4v) is 2.38. The van der Waals surface area contributed by atoms with Crippen LogP contribution >= 0.6 is 0 Å². The van der Waals surface area contributed by atoms with Crippen LogP contribution in [0.15, 0.2) is 48.5 Å². The molecule has 0 fully saturated rings. The Balaban J connectivity index is 1.75. The van der Waals surface area contributed by atoms with E-state index in [4.69, 9.17) is 0 Å². The molecule has 1 amide bonds. The van der Waals surface area contributed by atoms with Gasteiger partial charge in [0.2, 0.25) is 0 Å². The van der Waals surface area contributed by atoms with Crippen molar-refractivity contribution in [2.45, 2.75) is 13.5 Å².